The normalized spacial score (nSPS) is 14.7. The van der Waals surface area contributed by atoms with E-state index in [9.17, 15) is 9.59 Å². The molecule has 1 unspecified atom stereocenters. The molecule has 0 N–H and O–H groups in total. The molecule has 0 fully saturated rings. The van der Waals surface area contributed by atoms with Crippen LogP contribution in [0.3, 0.4) is 0 Å². The zero-order valence-electron chi connectivity index (χ0n) is 15.8. The molecule has 1 aromatic rings. The molecular formula is C21H28O4S. The lowest BCUT2D eigenvalue weighted by Gasteiger charge is -2.22. The minimum atomic E-state index is -0.248. The minimum Gasteiger partial charge on any atom is -0.496 e. The van der Waals surface area contributed by atoms with Crippen LogP contribution in [0.15, 0.2) is 23.8 Å². The maximum atomic E-state index is 13.0. The Bertz CT molecular complexity index is 693. The van der Waals surface area contributed by atoms with Crippen LogP contribution in [0.25, 0.3) is 0 Å². The molecule has 142 valence electrons. The van der Waals surface area contributed by atoms with E-state index in [1.54, 1.807) is 12.1 Å². The molecule has 0 saturated carbocycles. The number of hydrogen-bond donors (Lipinski definition) is 1. The lowest BCUT2D eigenvalue weighted by atomic mass is 9.85. The maximum Gasteiger partial charge on any atom is 0.194 e. The van der Waals surface area contributed by atoms with Gasteiger partial charge >= 0.3 is 0 Å². The third-order valence-electron chi connectivity index (χ3n) is 4.78. The van der Waals surface area contributed by atoms with E-state index >= 15 is 0 Å². The average molecular weight is 377 g/mol. The van der Waals surface area contributed by atoms with Crippen molar-refractivity contribution >= 4 is 24.2 Å². The van der Waals surface area contributed by atoms with Gasteiger partial charge < -0.3 is 9.47 Å². The SMILES string of the molecule is CCCCCCCCC(S)C1=CC(=O)c2c(OC)ccc(OC)c2C1=O. The number of thiol groups is 1. The van der Waals surface area contributed by atoms with E-state index < -0.39 is 0 Å². The lowest BCUT2D eigenvalue weighted by Crippen LogP contribution is -2.24. The van der Waals surface area contributed by atoms with E-state index in [0.29, 0.717) is 17.1 Å². The van der Waals surface area contributed by atoms with Gasteiger partial charge in [0.15, 0.2) is 11.6 Å². The second-order valence-corrected chi connectivity index (χ2v) is 7.21. The number of carbonyl (C=O) groups excluding carboxylic acids is 2. The van der Waals surface area contributed by atoms with Crippen LogP contribution in [0.5, 0.6) is 11.5 Å². The van der Waals surface area contributed by atoms with Crippen LogP contribution in [0.4, 0.5) is 0 Å². The molecule has 0 radical (unpaired) electrons. The zero-order valence-corrected chi connectivity index (χ0v) is 16.7. The molecule has 0 saturated heterocycles. The topological polar surface area (TPSA) is 52.6 Å². The van der Waals surface area contributed by atoms with Crippen LogP contribution in [-0.4, -0.2) is 31.0 Å². The van der Waals surface area contributed by atoms with Crippen LogP contribution < -0.4 is 9.47 Å². The van der Waals surface area contributed by atoms with Gasteiger partial charge in [-0.15, -0.1) is 0 Å². The van der Waals surface area contributed by atoms with Gasteiger partial charge in [-0.05, 0) is 24.6 Å². The van der Waals surface area contributed by atoms with E-state index in [1.807, 2.05) is 0 Å². The zero-order chi connectivity index (χ0) is 19.1. The minimum absolute atomic E-state index is 0.193. The molecule has 1 atom stereocenters. The number of allylic oxidation sites excluding steroid dienone is 1. The fourth-order valence-corrected chi connectivity index (χ4v) is 3.69. The highest BCUT2D eigenvalue weighted by atomic mass is 32.1. The molecule has 5 heteroatoms. The second kappa shape index (κ2) is 9.81. The first-order valence-electron chi connectivity index (χ1n) is 9.28. The van der Waals surface area contributed by atoms with Crippen LogP contribution in [0.1, 0.15) is 72.6 Å². The summed E-state index contributed by atoms with van der Waals surface area (Å²) in [5, 5.41) is -0.248. The summed E-state index contributed by atoms with van der Waals surface area (Å²) in [6, 6.07) is 3.31. The van der Waals surface area contributed by atoms with Crippen molar-refractivity contribution in [2.24, 2.45) is 0 Å². The van der Waals surface area contributed by atoms with Crippen molar-refractivity contribution in [2.45, 2.75) is 57.1 Å². The van der Waals surface area contributed by atoms with Crippen molar-refractivity contribution in [3.05, 3.63) is 34.9 Å². The summed E-state index contributed by atoms with van der Waals surface area (Å²) in [4.78, 5) is 25.7. The van der Waals surface area contributed by atoms with E-state index in [-0.39, 0.29) is 27.9 Å². The Labute approximate surface area is 161 Å². The smallest absolute Gasteiger partial charge is 0.194 e. The summed E-state index contributed by atoms with van der Waals surface area (Å²) in [6.07, 6.45) is 9.26. The van der Waals surface area contributed by atoms with Crippen molar-refractivity contribution in [2.75, 3.05) is 14.2 Å². The van der Waals surface area contributed by atoms with Crippen molar-refractivity contribution in [3.8, 4) is 11.5 Å². The van der Waals surface area contributed by atoms with E-state index in [1.165, 1.54) is 46.0 Å². The quantitative estimate of drug-likeness (QED) is 0.458. The first kappa shape index (κ1) is 20.6. The number of ether oxygens (including phenoxy) is 2. The number of rotatable bonds is 10. The molecule has 4 nitrogen and oxygen atoms in total. The largest absolute Gasteiger partial charge is 0.496 e. The molecule has 0 amide bonds. The van der Waals surface area contributed by atoms with Gasteiger partial charge in [-0.1, -0.05) is 45.4 Å². The number of fused-ring (bicyclic) bond motifs is 1. The molecule has 0 heterocycles. The Morgan fingerprint density at radius 1 is 0.923 bits per heavy atom. The van der Waals surface area contributed by atoms with E-state index in [0.717, 1.165) is 19.3 Å². The highest BCUT2D eigenvalue weighted by Gasteiger charge is 2.33. The Morgan fingerprint density at radius 2 is 1.50 bits per heavy atom. The number of Topliss-reactive ketones (excluding diaryl/α,β-unsaturated/α-hetero) is 1. The molecule has 1 aliphatic carbocycles. The van der Waals surface area contributed by atoms with Crippen molar-refractivity contribution in [3.63, 3.8) is 0 Å². The Balaban J connectivity index is 2.14. The summed E-state index contributed by atoms with van der Waals surface area (Å²) in [6.45, 7) is 2.20. The van der Waals surface area contributed by atoms with Crippen LogP contribution in [-0.2, 0) is 0 Å². The van der Waals surface area contributed by atoms with Crippen molar-refractivity contribution < 1.29 is 19.1 Å². The predicted octanol–water partition coefficient (Wildman–Crippen LogP) is 5.06. The number of methoxy groups -OCH3 is 2. The van der Waals surface area contributed by atoms with Gasteiger partial charge in [0, 0.05) is 10.8 Å². The molecule has 0 aromatic heterocycles. The molecule has 0 spiro atoms. The molecule has 1 aromatic carbocycles. The predicted molar refractivity (Wildman–Crippen MR) is 107 cm³/mol. The van der Waals surface area contributed by atoms with Crippen LogP contribution in [0.2, 0.25) is 0 Å². The fraction of sp³-hybridized carbons (Fsp3) is 0.524. The molecule has 26 heavy (non-hydrogen) atoms. The lowest BCUT2D eigenvalue weighted by molar-refractivity contribution is 0.0976. The van der Waals surface area contributed by atoms with Gasteiger partial charge in [0.2, 0.25) is 0 Å². The average Bonchev–Trinajstić information content (AvgIpc) is 2.65. The van der Waals surface area contributed by atoms with Gasteiger partial charge in [0.1, 0.15) is 11.5 Å². The van der Waals surface area contributed by atoms with Crippen LogP contribution in [0, 0.1) is 0 Å². The van der Waals surface area contributed by atoms with Gasteiger partial charge in [0.25, 0.3) is 0 Å². The number of benzene rings is 1. The summed E-state index contributed by atoms with van der Waals surface area (Å²) >= 11 is 4.61. The number of ketones is 2. The van der Waals surface area contributed by atoms with Gasteiger partial charge in [-0.2, -0.15) is 12.6 Å². The molecule has 0 bridgehead atoms. The van der Waals surface area contributed by atoms with Gasteiger partial charge in [0.05, 0.1) is 25.3 Å². The Morgan fingerprint density at radius 3 is 2.12 bits per heavy atom. The first-order chi connectivity index (χ1) is 12.5. The van der Waals surface area contributed by atoms with Crippen molar-refractivity contribution in [1.29, 1.82) is 0 Å². The molecule has 1 aliphatic rings. The van der Waals surface area contributed by atoms with Crippen LogP contribution >= 0.6 is 12.6 Å². The Hall–Kier alpha value is -1.75. The molecule has 0 aliphatic heterocycles. The fourth-order valence-electron chi connectivity index (χ4n) is 3.32. The second-order valence-electron chi connectivity index (χ2n) is 6.59. The first-order valence-corrected chi connectivity index (χ1v) is 9.80. The summed E-state index contributed by atoms with van der Waals surface area (Å²) in [5.74, 6) is 0.361. The standard InChI is InChI=1S/C21H28O4S/c1-4-5-6-7-8-9-10-18(26)14-13-15(22)19-16(24-2)11-12-17(25-3)20(19)21(14)23/h11-13,18,26H,4-10H2,1-3H3. The summed E-state index contributed by atoms with van der Waals surface area (Å²) in [7, 11) is 2.98. The Kier molecular flexibility index (Phi) is 7.76. The van der Waals surface area contributed by atoms with E-state index in [2.05, 4.69) is 19.6 Å². The highest BCUT2D eigenvalue weighted by molar-refractivity contribution is 7.81. The molecule has 2 rings (SSSR count). The number of unbranched alkanes of at least 4 members (excludes halogenated alkanes) is 5. The molecular weight excluding hydrogens is 348 g/mol. The highest BCUT2D eigenvalue weighted by Crippen LogP contribution is 2.37. The van der Waals surface area contributed by atoms with E-state index in [4.69, 9.17) is 9.47 Å². The number of carbonyl (C=O) groups is 2. The van der Waals surface area contributed by atoms with Gasteiger partial charge in [-0.3, -0.25) is 9.59 Å². The monoisotopic (exact) mass is 376 g/mol. The maximum absolute atomic E-state index is 13.0. The summed E-state index contributed by atoms with van der Waals surface area (Å²) < 4.78 is 10.6. The van der Waals surface area contributed by atoms with Crippen molar-refractivity contribution in [1.82, 2.24) is 0 Å². The van der Waals surface area contributed by atoms with Gasteiger partial charge in [-0.25, -0.2) is 0 Å². The summed E-state index contributed by atoms with van der Waals surface area (Å²) in [5.41, 5.74) is 1.02. The third kappa shape index (κ3) is 4.50. The number of hydrogen-bond acceptors (Lipinski definition) is 5. The third-order valence-corrected chi connectivity index (χ3v) is 5.32.